The van der Waals surface area contributed by atoms with E-state index in [0.29, 0.717) is 18.8 Å². The van der Waals surface area contributed by atoms with Crippen molar-refractivity contribution in [2.75, 3.05) is 29.9 Å². The molecule has 0 unspecified atom stereocenters. The molecule has 0 atom stereocenters. The van der Waals surface area contributed by atoms with Crippen molar-refractivity contribution in [2.45, 2.75) is 32.0 Å². The lowest BCUT2D eigenvalue weighted by molar-refractivity contribution is -0.137. The van der Waals surface area contributed by atoms with E-state index in [1.165, 1.54) is 6.07 Å². The summed E-state index contributed by atoms with van der Waals surface area (Å²) in [5.41, 5.74) is 0.546. The third kappa shape index (κ3) is 6.63. The number of rotatable bonds is 6. The molecule has 1 aliphatic heterocycles. The fourth-order valence-corrected chi connectivity index (χ4v) is 3.34. The van der Waals surface area contributed by atoms with Gasteiger partial charge < -0.3 is 20.3 Å². The molecule has 2 aromatic rings. The van der Waals surface area contributed by atoms with Crippen LogP contribution in [0.15, 0.2) is 48.5 Å². The Morgan fingerprint density at radius 3 is 2.39 bits per heavy atom. The highest BCUT2D eigenvalue weighted by Gasteiger charge is 2.31. The van der Waals surface area contributed by atoms with Gasteiger partial charge in [-0.1, -0.05) is 30.3 Å². The molecule has 0 spiro atoms. The van der Waals surface area contributed by atoms with Gasteiger partial charge in [-0.2, -0.15) is 13.2 Å². The van der Waals surface area contributed by atoms with Gasteiger partial charge in [0.05, 0.1) is 16.9 Å². The lowest BCUT2D eigenvalue weighted by atomic mass is 10.1. The monoisotopic (exact) mass is 435 g/mol. The molecular weight excluding hydrogens is 411 g/mol. The Labute approximate surface area is 178 Å². The Hall–Kier alpha value is -3.23. The molecule has 0 bridgehead atoms. The first-order valence-corrected chi connectivity index (χ1v) is 10.0. The highest BCUT2D eigenvalue weighted by Crippen LogP contribution is 2.36. The van der Waals surface area contributed by atoms with Gasteiger partial charge in [0.25, 0.3) is 0 Å². The van der Waals surface area contributed by atoms with Crippen LogP contribution in [0, 0.1) is 0 Å². The molecule has 166 valence electrons. The topological polar surface area (TPSA) is 70.7 Å². The van der Waals surface area contributed by atoms with Crippen LogP contribution >= 0.6 is 0 Å². The number of amides is 2. The zero-order valence-electron chi connectivity index (χ0n) is 16.9. The lowest BCUT2D eigenvalue weighted by Crippen LogP contribution is -2.34. The van der Waals surface area contributed by atoms with Crippen LogP contribution in [0.5, 0.6) is 0 Å². The number of ether oxygens (including phenoxy) is 1. The minimum Gasteiger partial charge on any atom is -0.445 e. The smallest absolute Gasteiger partial charge is 0.416 e. The quantitative estimate of drug-likeness (QED) is 0.698. The van der Waals surface area contributed by atoms with Crippen LogP contribution < -0.4 is 15.5 Å². The van der Waals surface area contributed by atoms with E-state index in [1.54, 1.807) is 24.3 Å². The number of anilines is 2. The van der Waals surface area contributed by atoms with Gasteiger partial charge in [-0.15, -0.1) is 0 Å². The molecule has 1 heterocycles. The second kappa shape index (κ2) is 10.2. The van der Waals surface area contributed by atoms with Gasteiger partial charge in [-0.25, -0.2) is 4.79 Å². The number of nitrogens with zero attached hydrogens (tertiary/aromatic N) is 1. The Bertz CT molecular complexity index is 898. The molecular formula is C22H24F3N3O3. The van der Waals surface area contributed by atoms with Crippen LogP contribution in [0.1, 0.15) is 30.4 Å². The van der Waals surface area contributed by atoms with Gasteiger partial charge in [0.2, 0.25) is 5.91 Å². The summed E-state index contributed by atoms with van der Waals surface area (Å²) in [4.78, 5) is 26.1. The van der Waals surface area contributed by atoms with Crippen molar-refractivity contribution in [3.63, 3.8) is 0 Å². The second-order valence-electron chi connectivity index (χ2n) is 7.24. The Kier molecular flexibility index (Phi) is 7.38. The van der Waals surface area contributed by atoms with E-state index < -0.39 is 30.3 Å². The first-order valence-electron chi connectivity index (χ1n) is 10.0. The van der Waals surface area contributed by atoms with Crippen molar-refractivity contribution in [2.24, 2.45) is 0 Å². The summed E-state index contributed by atoms with van der Waals surface area (Å²) in [7, 11) is 0. The molecule has 2 N–H and O–H groups in total. The van der Waals surface area contributed by atoms with E-state index in [1.807, 2.05) is 11.0 Å². The maximum Gasteiger partial charge on any atom is 0.416 e. The summed E-state index contributed by atoms with van der Waals surface area (Å²) in [5, 5.41) is 4.81. The van der Waals surface area contributed by atoms with E-state index in [0.717, 1.165) is 37.0 Å². The number of halogens is 3. The minimum atomic E-state index is -4.53. The SMILES string of the molecule is O=C(CNC(=O)OCc1ccccc1)Nc1cc(C(F)(F)F)ccc1N1CCCCC1. The largest absolute Gasteiger partial charge is 0.445 e. The summed E-state index contributed by atoms with van der Waals surface area (Å²) in [6.45, 7) is 1.03. The maximum atomic E-state index is 13.2. The fourth-order valence-electron chi connectivity index (χ4n) is 3.34. The molecule has 0 saturated carbocycles. The van der Waals surface area contributed by atoms with Gasteiger partial charge in [-0.05, 0) is 43.0 Å². The van der Waals surface area contributed by atoms with E-state index in [9.17, 15) is 22.8 Å². The number of carbonyl (C=O) groups excluding carboxylic acids is 2. The Morgan fingerprint density at radius 2 is 1.71 bits per heavy atom. The van der Waals surface area contributed by atoms with E-state index in [-0.39, 0.29) is 12.3 Å². The summed E-state index contributed by atoms with van der Waals surface area (Å²) in [6, 6.07) is 12.3. The van der Waals surface area contributed by atoms with Crippen LogP contribution in [-0.2, 0) is 22.3 Å². The molecule has 0 radical (unpaired) electrons. The van der Waals surface area contributed by atoms with Gasteiger partial charge in [0.1, 0.15) is 13.2 Å². The summed E-state index contributed by atoms with van der Waals surface area (Å²) >= 11 is 0. The van der Waals surface area contributed by atoms with Crippen LogP contribution in [-0.4, -0.2) is 31.6 Å². The van der Waals surface area contributed by atoms with E-state index in [2.05, 4.69) is 10.6 Å². The third-order valence-corrected chi connectivity index (χ3v) is 4.90. The number of hydrogen-bond donors (Lipinski definition) is 2. The van der Waals surface area contributed by atoms with Crippen molar-refractivity contribution in [1.29, 1.82) is 0 Å². The van der Waals surface area contributed by atoms with Crippen molar-refractivity contribution in [1.82, 2.24) is 5.32 Å². The number of alkyl halides is 3. The fraction of sp³-hybridized carbons (Fsp3) is 0.364. The summed E-state index contributed by atoms with van der Waals surface area (Å²) in [6.07, 6.45) is -2.39. The zero-order chi connectivity index (χ0) is 22.3. The zero-order valence-corrected chi connectivity index (χ0v) is 16.9. The molecule has 1 fully saturated rings. The van der Waals surface area contributed by atoms with Crippen molar-refractivity contribution in [3.8, 4) is 0 Å². The van der Waals surface area contributed by atoms with Crippen molar-refractivity contribution >= 4 is 23.4 Å². The third-order valence-electron chi connectivity index (χ3n) is 4.90. The number of alkyl carbamates (subject to hydrolysis) is 1. The molecule has 1 saturated heterocycles. The Balaban J connectivity index is 1.61. The van der Waals surface area contributed by atoms with Gasteiger partial charge in [0, 0.05) is 13.1 Å². The number of benzene rings is 2. The van der Waals surface area contributed by atoms with Crippen LogP contribution in [0.25, 0.3) is 0 Å². The normalized spacial score (nSPS) is 14.1. The van der Waals surface area contributed by atoms with Crippen molar-refractivity contribution < 1.29 is 27.5 Å². The molecule has 2 aromatic carbocycles. The number of piperidine rings is 1. The molecule has 2 amide bonds. The number of carbonyl (C=O) groups is 2. The van der Waals surface area contributed by atoms with Crippen LogP contribution in [0.4, 0.5) is 29.3 Å². The molecule has 1 aliphatic rings. The molecule has 0 aliphatic carbocycles. The second-order valence-corrected chi connectivity index (χ2v) is 7.24. The molecule has 6 nitrogen and oxygen atoms in total. The number of nitrogens with one attached hydrogen (secondary N) is 2. The van der Waals surface area contributed by atoms with Crippen LogP contribution in [0.2, 0.25) is 0 Å². The van der Waals surface area contributed by atoms with Gasteiger partial charge in [0.15, 0.2) is 0 Å². The van der Waals surface area contributed by atoms with Crippen molar-refractivity contribution in [3.05, 3.63) is 59.7 Å². The molecule has 31 heavy (non-hydrogen) atoms. The predicted octanol–water partition coefficient (Wildman–Crippen LogP) is 4.56. The molecule has 3 rings (SSSR count). The molecule has 9 heteroatoms. The Morgan fingerprint density at radius 1 is 1.00 bits per heavy atom. The summed E-state index contributed by atoms with van der Waals surface area (Å²) < 4.78 is 44.5. The average molecular weight is 435 g/mol. The highest BCUT2D eigenvalue weighted by atomic mass is 19.4. The van der Waals surface area contributed by atoms with Gasteiger partial charge >= 0.3 is 12.3 Å². The van der Waals surface area contributed by atoms with E-state index in [4.69, 9.17) is 4.74 Å². The minimum absolute atomic E-state index is 0.0427. The maximum absolute atomic E-state index is 13.2. The van der Waals surface area contributed by atoms with Gasteiger partial charge in [-0.3, -0.25) is 4.79 Å². The van der Waals surface area contributed by atoms with E-state index >= 15 is 0 Å². The highest BCUT2D eigenvalue weighted by molar-refractivity contribution is 5.97. The first kappa shape index (κ1) is 22.5. The lowest BCUT2D eigenvalue weighted by Gasteiger charge is -2.31. The predicted molar refractivity (Wildman–Crippen MR) is 111 cm³/mol. The van der Waals surface area contributed by atoms with Crippen LogP contribution in [0.3, 0.4) is 0 Å². The molecule has 0 aromatic heterocycles. The summed E-state index contributed by atoms with van der Waals surface area (Å²) in [5.74, 6) is -0.644. The standard InChI is InChI=1S/C22H24F3N3O3/c23-22(24,25)17-9-10-19(28-11-5-2-6-12-28)18(13-17)27-20(29)14-26-21(30)31-15-16-7-3-1-4-8-16/h1,3-4,7-10,13H,2,5-6,11-12,14-15H2,(H,26,30)(H,27,29). The average Bonchev–Trinajstić information content (AvgIpc) is 2.77. The number of hydrogen-bond acceptors (Lipinski definition) is 4. The first-order chi connectivity index (χ1) is 14.8.